The van der Waals surface area contributed by atoms with Gasteiger partial charge >= 0.3 is 0 Å². The van der Waals surface area contributed by atoms with E-state index in [9.17, 15) is 18.0 Å². The quantitative estimate of drug-likeness (QED) is 0.669. The Morgan fingerprint density at radius 2 is 1.89 bits per heavy atom. The molecule has 1 aliphatic rings. The van der Waals surface area contributed by atoms with Crippen molar-refractivity contribution in [2.45, 2.75) is 18.0 Å². The lowest BCUT2D eigenvalue weighted by molar-refractivity contribution is -0.116. The molecule has 1 N–H and O–H groups in total. The van der Waals surface area contributed by atoms with Gasteiger partial charge in [0.2, 0.25) is 20.9 Å². The molecule has 0 fully saturated rings. The lowest BCUT2D eigenvalue weighted by atomic mass is 9.99. The van der Waals surface area contributed by atoms with E-state index in [2.05, 4.69) is 10.3 Å². The van der Waals surface area contributed by atoms with Crippen LogP contribution in [-0.4, -0.2) is 35.4 Å². The summed E-state index contributed by atoms with van der Waals surface area (Å²) < 4.78 is 27.1. The van der Waals surface area contributed by atoms with E-state index < -0.39 is 21.4 Å². The Kier molecular flexibility index (Phi) is 4.56. The first-order chi connectivity index (χ1) is 13.4. The van der Waals surface area contributed by atoms with E-state index in [1.165, 1.54) is 16.8 Å². The molecule has 0 radical (unpaired) electrons. The fourth-order valence-corrected chi connectivity index (χ4v) is 4.51. The molecule has 8 heteroatoms. The number of amides is 1. The fourth-order valence-electron chi connectivity index (χ4n) is 3.18. The number of hydrogen-bond donors (Lipinski definition) is 1. The van der Waals surface area contributed by atoms with Crippen LogP contribution in [0, 0.1) is 0 Å². The van der Waals surface area contributed by atoms with E-state index in [1.54, 1.807) is 42.6 Å². The minimum Gasteiger partial charge on any atom is -0.326 e. The zero-order valence-corrected chi connectivity index (χ0v) is 15.6. The smallest absolute Gasteiger partial charge is 0.232 e. The number of nitrogens with zero attached hydrogens (tertiary/aromatic N) is 2. The van der Waals surface area contributed by atoms with Crippen molar-refractivity contribution in [1.29, 1.82) is 0 Å². The van der Waals surface area contributed by atoms with Gasteiger partial charge in [0.15, 0.2) is 5.78 Å². The monoisotopic (exact) mass is 395 g/mol. The van der Waals surface area contributed by atoms with Crippen LogP contribution in [-0.2, 0) is 21.1 Å². The number of carbonyl (C=O) groups excluding carboxylic acids is 2. The van der Waals surface area contributed by atoms with Crippen LogP contribution in [0.4, 0.5) is 5.69 Å². The van der Waals surface area contributed by atoms with Gasteiger partial charge in [0.05, 0.1) is 0 Å². The molecule has 2 heterocycles. The van der Waals surface area contributed by atoms with Crippen molar-refractivity contribution in [2.75, 3.05) is 11.1 Å². The molecule has 142 valence electrons. The summed E-state index contributed by atoms with van der Waals surface area (Å²) >= 11 is 0. The second-order valence-corrected chi connectivity index (χ2v) is 8.40. The molecule has 0 saturated carbocycles. The standard InChI is InChI=1S/C20H17N3O4S/c24-18(15-6-8-17-14(12-15)7-9-19(25)22-17)13-28(26,27)20-21-10-11-23(20)16-4-2-1-3-5-16/h1-6,8,10-12H,7,9,13H2,(H,22,25). The van der Waals surface area contributed by atoms with Crippen LogP contribution >= 0.6 is 0 Å². The number of Topliss-reactive ketones (excluding diaryl/α,β-unsaturated/α-hetero) is 1. The minimum absolute atomic E-state index is 0.0677. The van der Waals surface area contributed by atoms with Crippen LogP contribution in [0.3, 0.4) is 0 Å². The average molecular weight is 395 g/mol. The number of carbonyl (C=O) groups is 2. The second kappa shape index (κ2) is 7.05. The molecular weight excluding hydrogens is 378 g/mol. The summed E-state index contributed by atoms with van der Waals surface area (Å²) in [6.07, 6.45) is 3.81. The highest BCUT2D eigenvalue weighted by Crippen LogP contribution is 2.24. The number of nitrogens with one attached hydrogen (secondary N) is 1. The van der Waals surface area contributed by atoms with E-state index in [0.717, 1.165) is 5.56 Å². The number of anilines is 1. The van der Waals surface area contributed by atoms with Crippen molar-refractivity contribution < 1.29 is 18.0 Å². The molecule has 3 aromatic rings. The van der Waals surface area contributed by atoms with Crippen LogP contribution in [0.1, 0.15) is 22.3 Å². The summed E-state index contributed by atoms with van der Waals surface area (Å²) in [7, 11) is -3.94. The molecule has 0 unspecified atom stereocenters. The zero-order valence-electron chi connectivity index (χ0n) is 14.8. The maximum atomic E-state index is 12.8. The summed E-state index contributed by atoms with van der Waals surface area (Å²) in [5.41, 5.74) is 2.44. The number of hydrogen-bond acceptors (Lipinski definition) is 5. The summed E-state index contributed by atoms with van der Waals surface area (Å²) in [5.74, 6) is -1.26. The van der Waals surface area contributed by atoms with Gasteiger partial charge in [-0.1, -0.05) is 18.2 Å². The van der Waals surface area contributed by atoms with Gasteiger partial charge in [-0.05, 0) is 42.3 Å². The third kappa shape index (κ3) is 3.46. The molecule has 0 atom stereocenters. The van der Waals surface area contributed by atoms with E-state index >= 15 is 0 Å². The lowest BCUT2D eigenvalue weighted by Crippen LogP contribution is -2.21. The molecule has 0 spiro atoms. The van der Waals surface area contributed by atoms with Gasteiger partial charge in [-0.15, -0.1) is 0 Å². The highest BCUT2D eigenvalue weighted by atomic mass is 32.2. The third-order valence-corrected chi connectivity index (χ3v) is 6.06. The number of benzene rings is 2. The predicted molar refractivity (Wildman–Crippen MR) is 103 cm³/mol. The van der Waals surface area contributed by atoms with E-state index in [4.69, 9.17) is 0 Å². The van der Waals surface area contributed by atoms with Gasteiger partial charge in [-0.25, -0.2) is 13.4 Å². The second-order valence-electron chi connectivity index (χ2n) is 6.52. The van der Waals surface area contributed by atoms with Crippen molar-refractivity contribution >= 4 is 27.2 Å². The number of fused-ring (bicyclic) bond motifs is 1. The molecule has 1 aliphatic heterocycles. The van der Waals surface area contributed by atoms with Crippen molar-refractivity contribution in [1.82, 2.24) is 9.55 Å². The molecule has 1 amide bonds. The van der Waals surface area contributed by atoms with Crippen LogP contribution in [0.25, 0.3) is 5.69 Å². The Balaban J connectivity index is 1.60. The first-order valence-corrected chi connectivity index (χ1v) is 10.4. The van der Waals surface area contributed by atoms with Crippen molar-refractivity contribution in [3.8, 4) is 5.69 Å². The highest BCUT2D eigenvalue weighted by molar-refractivity contribution is 7.92. The Hall–Kier alpha value is -3.26. The Morgan fingerprint density at radius 3 is 2.68 bits per heavy atom. The van der Waals surface area contributed by atoms with Crippen LogP contribution in [0.5, 0.6) is 0 Å². The third-order valence-electron chi connectivity index (χ3n) is 4.56. The molecule has 0 aliphatic carbocycles. The lowest BCUT2D eigenvalue weighted by Gasteiger charge is -2.17. The fraction of sp³-hybridized carbons (Fsp3) is 0.150. The van der Waals surface area contributed by atoms with Gasteiger partial charge in [-0.3, -0.25) is 14.2 Å². The number of ketones is 1. The molecular formula is C20H17N3O4S. The Morgan fingerprint density at radius 1 is 1.11 bits per heavy atom. The number of imidazole rings is 1. The van der Waals surface area contributed by atoms with Gasteiger partial charge in [0.1, 0.15) is 5.75 Å². The van der Waals surface area contributed by atoms with Crippen LogP contribution in [0.2, 0.25) is 0 Å². The molecule has 28 heavy (non-hydrogen) atoms. The Labute approximate surface area is 162 Å². The van der Waals surface area contributed by atoms with Gasteiger partial charge < -0.3 is 5.32 Å². The number of aromatic nitrogens is 2. The predicted octanol–water partition coefficient (Wildman–Crippen LogP) is 2.41. The average Bonchev–Trinajstić information content (AvgIpc) is 3.19. The van der Waals surface area contributed by atoms with Crippen molar-refractivity contribution in [3.63, 3.8) is 0 Å². The number of para-hydroxylation sites is 1. The van der Waals surface area contributed by atoms with Crippen molar-refractivity contribution in [2.24, 2.45) is 0 Å². The highest BCUT2D eigenvalue weighted by Gasteiger charge is 2.26. The molecule has 0 bridgehead atoms. The van der Waals surface area contributed by atoms with Crippen molar-refractivity contribution in [3.05, 3.63) is 72.1 Å². The number of rotatable bonds is 5. The van der Waals surface area contributed by atoms with Gasteiger partial charge in [-0.2, -0.15) is 0 Å². The largest absolute Gasteiger partial charge is 0.326 e. The molecule has 1 aromatic heterocycles. The summed E-state index contributed by atoms with van der Waals surface area (Å²) in [5, 5.41) is 2.57. The topological polar surface area (TPSA) is 98.1 Å². The first kappa shape index (κ1) is 18.1. The molecule has 4 rings (SSSR count). The summed E-state index contributed by atoms with van der Waals surface area (Å²) in [6.45, 7) is 0. The molecule has 7 nitrogen and oxygen atoms in total. The maximum absolute atomic E-state index is 12.8. The number of aryl methyl sites for hydroxylation is 1. The van der Waals surface area contributed by atoms with E-state index in [-0.39, 0.29) is 11.1 Å². The van der Waals surface area contributed by atoms with Crippen LogP contribution in [0.15, 0.2) is 66.1 Å². The zero-order chi connectivity index (χ0) is 19.7. The summed E-state index contributed by atoms with van der Waals surface area (Å²) in [4.78, 5) is 28.1. The number of sulfone groups is 1. The molecule has 2 aromatic carbocycles. The van der Waals surface area contributed by atoms with Gasteiger partial charge in [0.25, 0.3) is 0 Å². The minimum atomic E-state index is -3.94. The molecule has 0 saturated heterocycles. The van der Waals surface area contributed by atoms with Crippen LogP contribution < -0.4 is 5.32 Å². The Bertz CT molecular complexity index is 1170. The van der Waals surface area contributed by atoms with E-state index in [0.29, 0.717) is 29.8 Å². The first-order valence-electron chi connectivity index (χ1n) is 8.71. The maximum Gasteiger partial charge on any atom is 0.232 e. The SMILES string of the molecule is O=C1CCc2cc(C(=O)CS(=O)(=O)c3nccn3-c3ccccc3)ccc2N1. The van der Waals surface area contributed by atoms with E-state index in [1.807, 2.05) is 6.07 Å². The normalized spacial score (nSPS) is 13.6. The summed E-state index contributed by atoms with van der Waals surface area (Å²) in [6, 6.07) is 13.8. The van der Waals surface area contributed by atoms with Gasteiger partial charge in [0, 0.05) is 35.8 Å².